The van der Waals surface area contributed by atoms with Gasteiger partial charge in [-0.05, 0) is 29.2 Å². The monoisotopic (exact) mass is 350 g/mol. The van der Waals surface area contributed by atoms with Crippen LogP contribution in [0.3, 0.4) is 0 Å². The maximum atomic E-state index is 12.0. The fraction of sp³-hybridized carbons (Fsp3) is 0.300. The molecular formula is C20H22N4O2. The second-order valence-corrected chi connectivity index (χ2v) is 6.42. The zero-order valence-corrected chi connectivity index (χ0v) is 15.0. The number of aryl methyl sites for hydroxylation is 1. The summed E-state index contributed by atoms with van der Waals surface area (Å²) in [7, 11) is 0. The number of nitrogens with one attached hydrogen (secondary N) is 1. The summed E-state index contributed by atoms with van der Waals surface area (Å²) in [6, 6.07) is 11.9. The molecule has 1 amide bonds. The number of nitrogens with zero attached hydrogens (tertiary/aromatic N) is 3. The largest absolute Gasteiger partial charge is 0.352 e. The summed E-state index contributed by atoms with van der Waals surface area (Å²) >= 11 is 0. The molecule has 6 heteroatoms. The van der Waals surface area contributed by atoms with Gasteiger partial charge in [-0.15, -0.1) is 0 Å². The van der Waals surface area contributed by atoms with E-state index < -0.39 is 0 Å². The molecule has 1 aromatic carbocycles. The Balaban J connectivity index is 1.51. The highest BCUT2D eigenvalue weighted by Crippen LogP contribution is 2.20. The first-order valence-corrected chi connectivity index (χ1v) is 8.70. The normalized spacial score (nSPS) is 10.9. The Morgan fingerprint density at radius 2 is 1.85 bits per heavy atom. The summed E-state index contributed by atoms with van der Waals surface area (Å²) in [6.45, 7) is 4.79. The van der Waals surface area contributed by atoms with E-state index in [1.165, 1.54) is 5.56 Å². The number of hydrogen-bond donors (Lipinski definition) is 1. The molecule has 6 nitrogen and oxygen atoms in total. The molecule has 0 spiro atoms. The molecule has 0 unspecified atom stereocenters. The van der Waals surface area contributed by atoms with Crippen molar-refractivity contribution >= 4 is 5.91 Å². The lowest BCUT2D eigenvalue weighted by Crippen LogP contribution is -2.23. The third kappa shape index (κ3) is 4.75. The molecule has 0 aliphatic heterocycles. The Labute approximate surface area is 152 Å². The van der Waals surface area contributed by atoms with E-state index in [1.807, 2.05) is 24.3 Å². The highest BCUT2D eigenvalue weighted by Gasteiger charge is 2.11. The first-order valence-electron chi connectivity index (χ1n) is 8.70. The summed E-state index contributed by atoms with van der Waals surface area (Å²) in [6.07, 6.45) is 4.13. The van der Waals surface area contributed by atoms with Crippen LogP contribution < -0.4 is 5.32 Å². The van der Waals surface area contributed by atoms with E-state index in [0.717, 1.165) is 11.1 Å². The van der Waals surface area contributed by atoms with Crippen LogP contribution in [0, 0.1) is 0 Å². The lowest BCUT2D eigenvalue weighted by molar-refractivity contribution is -0.121. The zero-order chi connectivity index (χ0) is 18.4. The van der Waals surface area contributed by atoms with Crippen molar-refractivity contribution in [2.24, 2.45) is 0 Å². The van der Waals surface area contributed by atoms with Gasteiger partial charge in [0.1, 0.15) is 0 Å². The van der Waals surface area contributed by atoms with Gasteiger partial charge in [0, 0.05) is 37.3 Å². The van der Waals surface area contributed by atoms with Crippen LogP contribution in [0.1, 0.15) is 43.2 Å². The zero-order valence-electron chi connectivity index (χ0n) is 15.0. The summed E-state index contributed by atoms with van der Waals surface area (Å²) in [5.41, 5.74) is 3.19. The van der Waals surface area contributed by atoms with Gasteiger partial charge in [-0.2, -0.15) is 4.98 Å². The highest BCUT2D eigenvalue weighted by atomic mass is 16.5. The summed E-state index contributed by atoms with van der Waals surface area (Å²) in [5.74, 6) is 1.44. The van der Waals surface area contributed by atoms with Crippen LogP contribution in [-0.4, -0.2) is 21.0 Å². The number of carbonyl (C=O) groups is 1. The third-order valence-electron chi connectivity index (χ3n) is 4.11. The van der Waals surface area contributed by atoms with Gasteiger partial charge in [-0.1, -0.05) is 43.3 Å². The Morgan fingerprint density at radius 3 is 2.54 bits per heavy atom. The second-order valence-electron chi connectivity index (χ2n) is 6.42. The van der Waals surface area contributed by atoms with Gasteiger partial charge in [0.15, 0.2) is 0 Å². The molecule has 1 N–H and O–H groups in total. The minimum Gasteiger partial charge on any atom is -0.352 e. The molecule has 3 rings (SSSR count). The van der Waals surface area contributed by atoms with E-state index in [-0.39, 0.29) is 5.91 Å². The Morgan fingerprint density at radius 1 is 1.12 bits per heavy atom. The van der Waals surface area contributed by atoms with Crippen LogP contribution >= 0.6 is 0 Å². The summed E-state index contributed by atoms with van der Waals surface area (Å²) in [4.78, 5) is 20.3. The maximum Gasteiger partial charge on any atom is 0.227 e. The number of aromatic nitrogens is 3. The van der Waals surface area contributed by atoms with E-state index in [9.17, 15) is 4.79 Å². The predicted octanol–water partition coefficient (Wildman–Crippen LogP) is 3.50. The fourth-order valence-electron chi connectivity index (χ4n) is 2.50. The number of carbonyl (C=O) groups excluding carboxylic acids is 1. The molecule has 0 saturated heterocycles. The Bertz CT molecular complexity index is 842. The molecule has 0 radical (unpaired) electrons. The van der Waals surface area contributed by atoms with Gasteiger partial charge in [0.2, 0.25) is 17.6 Å². The van der Waals surface area contributed by atoms with Crippen LogP contribution in [0.15, 0.2) is 53.3 Å². The number of hydrogen-bond acceptors (Lipinski definition) is 5. The van der Waals surface area contributed by atoms with Crippen molar-refractivity contribution in [3.63, 3.8) is 0 Å². The van der Waals surface area contributed by atoms with Crippen LogP contribution in [0.2, 0.25) is 0 Å². The number of amides is 1. The van der Waals surface area contributed by atoms with Crippen molar-refractivity contribution in [3.8, 4) is 11.4 Å². The average Bonchev–Trinajstić information content (AvgIpc) is 3.14. The van der Waals surface area contributed by atoms with Crippen LogP contribution in [0.5, 0.6) is 0 Å². The first-order chi connectivity index (χ1) is 12.6. The molecule has 0 bridgehead atoms. The van der Waals surface area contributed by atoms with Gasteiger partial charge in [-0.3, -0.25) is 9.78 Å². The van der Waals surface area contributed by atoms with E-state index >= 15 is 0 Å². The van der Waals surface area contributed by atoms with Crippen molar-refractivity contribution in [2.45, 2.75) is 39.2 Å². The molecule has 0 atom stereocenters. The molecule has 0 fully saturated rings. The molecule has 2 aromatic heterocycles. The van der Waals surface area contributed by atoms with Crippen molar-refractivity contribution < 1.29 is 9.32 Å². The number of rotatable bonds is 7. The highest BCUT2D eigenvalue weighted by molar-refractivity contribution is 5.76. The van der Waals surface area contributed by atoms with Gasteiger partial charge < -0.3 is 9.84 Å². The third-order valence-corrected chi connectivity index (χ3v) is 4.11. The van der Waals surface area contributed by atoms with Crippen molar-refractivity contribution in [2.75, 3.05) is 0 Å². The van der Waals surface area contributed by atoms with Crippen molar-refractivity contribution in [1.82, 2.24) is 20.4 Å². The van der Waals surface area contributed by atoms with E-state index in [2.05, 4.69) is 46.4 Å². The standard InChI is InChI=1S/C20H22N4O2/c1-14(2)16-3-5-17(6-4-16)20-23-19(26-24-20)8-7-18(25)22-13-15-9-11-21-12-10-15/h3-6,9-12,14H,7-8,13H2,1-2H3,(H,22,25). The predicted molar refractivity (Wildman–Crippen MR) is 98.2 cm³/mol. The van der Waals surface area contributed by atoms with Gasteiger partial charge in [0.05, 0.1) is 0 Å². The molecular weight excluding hydrogens is 328 g/mol. The van der Waals surface area contributed by atoms with E-state index in [0.29, 0.717) is 37.0 Å². The minimum absolute atomic E-state index is 0.0529. The SMILES string of the molecule is CC(C)c1ccc(-c2noc(CCC(=O)NCc3ccncc3)n2)cc1. The first kappa shape index (κ1) is 17.8. The average molecular weight is 350 g/mol. The van der Waals surface area contributed by atoms with Crippen molar-refractivity contribution in [3.05, 3.63) is 65.8 Å². The topological polar surface area (TPSA) is 80.9 Å². The molecule has 0 saturated carbocycles. The Hall–Kier alpha value is -3.02. The van der Waals surface area contributed by atoms with Crippen LogP contribution in [-0.2, 0) is 17.8 Å². The van der Waals surface area contributed by atoms with Crippen molar-refractivity contribution in [1.29, 1.82) is 0 Å². The second kappa shape index (κ2) is 8.38. The van der Waals surface area contributed by atoms with E-state index in [1.54, 1.807) is 12.4 Å². The lowest BCUT2D eigenvalue weighted by Gasteiger charge is -2.04. The van der Waals surface area contributed by atoms with E-state index in [4.69, 9.17) is 4.52 Å². The lowest BCUT2D eigenvalue weighted by atomic mass is 10.0. The summed E-state index contributed by atoms with van der Waals surface area (Å²) < 4.78 is 5.26. The smallest absolute Gasteiger partial charge is 0.227 e. The molecule has 134 valence electrons. The van der Waals surface area contributed by atoms with Gasteiger partial charge in [-0.25, -0.2) is 0 Å². The number of pyridine rings is 1. The quantitative estimate of drug-likeness (QED) is 0.705. The fourth-order valence-corrected chi connectivity index (χ4v) is 2.50. The molecule has 0 aliphatic carbocycles. The van der Waals surface area contributed by atoms with Crippen LogP contribution in [0.4, 0.5) is 0 Å². The van der Waals surface area contributed by atoms with Gasteiger partial charge >= 0.3 is 0 Å². The maximum absolute atomic E-state index is 12.0. The number of benzene rings is 1. The molecule has 26 heavy (non-hydrogen) atoms. The summed E-state index contributed by atoms with van der Waals surface area (Å²) in [5, 5.41) is 6.88. The molecule has 3 aromatic rings. The van der Waals surface area contributed by atoms with Crippen LogP contribution in [0.25, 0.3) is 11.4 Å². The molecule has 2 heterocycles. The minimum atomic E-state index is -0.0529. The van der Waals surface area contributed by atoms with Gasteiger partial charge in [0.25, 0.3) is 0 Å². The molecule has 0 aliphatic rings. The Kier molecular flexibility index (Phi) is 5.73.